The third-order valence-corrected chi connectivity index (χ3v) is 5.91. The molecule has 0 unspecified atom stereocenters. The van der Waals surface area contributed by atoms with Gasteiger partial charge >= 0.3 is 0 Å². The minimum Gasteiger partial charge on any atom is -0.508 e. The maximum absolute atomic E-state index is 10.4. The van der Waals surface area contributed by atoms with Gasteiger partial charge < -0.3 is 20.4 Å². The molecule has 0 bridgehead atoms. The molecule has 0 amide bonds. The molecule has 0 fully saturated rings. The highest BCUT2D eigenvalue weighted by molar-refractivity contribution is 5.49. The fourth-order valence-electron chi connectivity index (χ4n) is 4.25. The molecule has 4 aromatic rings. The molecule has 0 aromatic heterocycles. The van der Waals surface area contributed by atoms with E-state index in [1.807, 2.05) is 30.3 Å². The van der Waals surface area contributed by atoms with Crippen molar-refractivity contribution >= 4 is 0 Å². The van der Waals surface area contributed by atoms with E-state index in [2.05, 4.69) is 25.1 Å². The van der Waals surface area contributed by atoms with Gasteiger partial charge in [0.15, 0.2) is 0 Å². The highest BCUT2D eigenvalue weighted by Gasteiger charge is 2.11. The second-order valence-electron chi connectivity index (χ2n) is 8.72. The smallest absolute Gasteiger partial charge is 0.122 e. The molecule has 4 nitrogen and oxygen atoms in total. The minimum absolute atomic E-state index is 0.00962. The van der Waals surface area contributed by atoms with Gasteiger partial charge in [0.25, 0.3) is 0 Å². The molecule has 168 valence electrons. The summed E-state index contributed by atoms with van der Waals surface area (Å²) < 4.78 is 0. The number of rotatable bonds is 6. The molecule has 33 heavy (non-hydrogen) atoms. The molecule has 0 spiro atoms. The Balaban J connectivity index is 1.58. The summed E-state index contributed by atoms with van der Waals surface area (Å²) in [5.74, 6) is 0.536. The highest BCUT2D eigenvalue weighted by Crippen LogP contribution is 2.31. The molecular weight excluding hydrogens is 412 g/mol. The van der Waals surface area contributed by atoms with Crippen molar-refractivity contribution in [1.29, 1.82) is 0 Å². The van der Waals surface area contributed by atoms with Crippen molar-refractivity contribution in [1.82, 2.24) is 0 Å². The summed E-state index contributed by atoms with van der Waals surface area (Å²) in [6.07, 6.45) is 1.71. The Hall–Kier alpha value is -3.92. The maximum atomic E-state index is 10.4. The lowest BCUT2D eigenvalue weighted by Crippen LogP contribution is -1.97. The average molecular weight is 441 g/mol. The first-order chi connectivity index (χ1) is 15.8. The number of aryl methyl sites for hydroxylation is 2. The number of hydrogen-bond acceptors (Lipinski definition) is 4. The molecule has 4 aromatic carbocycles. The van der Waals surface area contributed by atoms with E-state index in [4.69, 9.17) is 0 Å². The van der Waals surface area contributed by atoms with Crippen LogP contribution in [0.5, 0.6) is 23.0 Å². The first kappa shape index (κ1) is 22.3. The summed E-state index contributed by atoms with van der Waals surface area (Å²) in [4.78, 5) is 0. The Morgan fingerprint density at radius 1 is 0.485 bits per heavy atom. The zero-order valence-corrected chi connectivity index (χ0v) is 18.8. The summed E-state index contributed by atoms with van der Waals surface area (Å²) in [6, 6.07) is 22.5. The van der Waals surface area contributed by atoms with Gasteiger partial charge in [0.05, 0.1) is 0 Å². The van der Waals surface area contributed by atoms with Gasteiger partial charge in [0.1, 0.15) is 23.0 Å². The van der Waals surface area contributed by atoms with Crippen LogP contribution in [0.25, 0.3) is 0 Å². The topological polar surface area (TPSA) is 80.9 Å². The van der Waals surface area contributed by atoms with Gasteiger partial charge in [-0.1, -0.05) is 54.1 Å². The molecule has 0 radical (unpaired) electrons. The van der Waals surface area contributed by atoms with E-state index < -0.39 is 0 Å². The van der Waals surface area contributed by atoms with Crippen molar-refractivity contribution in [2.75, 3.05) is 0 Å². The molecule has 0 aliphatic heterocycles. The number of benzene rings is 4. The van der Waals surface area contributed by atoms with Crippen LogP contribution in [0.2, 0.25) is 0 Å². The van der Waals surface area contributed by atoms with E-state index >= 15 is 0 Å². The Morgan fingerprint density at radius 2 is 1.15 bits per heavy atom. The third-order valence-electron chi connectivity index (χ3n) is 5.91. The van der Waals surface area contributed by atoms with E-state index in [-0.39, 0.29) is 17.2 Å². The number of aromatic hydroxyl groups is 4. The monoisotopic (exact) mass is 440 g/mol. The molecule has 0 aliphatic carbocycles. The van der Waals surface area contributed by atoms with Crippen molar-refractivity contribution in [2.24, 2.45) is 0 Å². The number of hydrogen-bond donors (Lipinski definition) is 4. The van der Waals surface area contributed by atoms with Gasteiger partial charge in [-0.25, -0.2) is 0 Å². The summed E-state index contributed by atoms with van der Waals surface area (Å²) in [7, 11) is 0. The first-order valence-electron chi connectivity index (χ1n) is 11.0. The second kappa shape index (κ2) is 9.29. The minimum atomic E-state index is 0.00962. The van der Waals surface area contributed by atoms with Gasteiger partial charge in [-0.2, -0.15) is 0 Å². The van der Waals surface area contributed by atoms with Crippen LogP contribution in [0.4, 0.5) is 0 Å². The van der Waals surface area contributed by atoms with Crippen LogP contribution >= 0.6 is 0 Å². The van der Waals surface area contributed by atoms with Crippen LogP contribution in [-0.2, 0) is 19.3 Å². The fourth-order valence-corrected chi connectivity index (χ4v) is 4.25. The highest BCUT2D eigenvalue weighted by atomic mass is 16.3. The van der Waals surface area contributed by atoms with Gasteiger partial charge in [0, 0.05) is 18.9 Å². The molecule has 0 saturated carbocycles. The number of phenolic OH excluding ortho intramolecular Hbond substituents is 4. The lowest BCUT2D eigenvalue weighted by atomic mass is 9.94. The van der Waals surface area contributed by atoms with Gasteiger partial charge in [-0.3, -0.25) is 0 Å². The maximum Gasteiger partial charge on any atom is 0.122 e. The number of phenols is 4. The molecule has 0 saturated heterocycles. The summed E-state index contributed by atoms with van der Waals surface area (Å²) in [5.41, 5.74) is 7.43. The summed E-state index contributed by atoms with van der Waals surface area (Å²) in [5, 5.41) is 40.5. The fraction of sp³-hybridized carbons (Fsp3) is 0.172. The van der Waals surface area contributed by atoms with Gasteiger partial charge in [-0.05, 0) is 77.4 Å². The number of para-hydroxylation sites is 1. The largest absolute Gasteiger partial charge is 0.508 e. The predicted octanol–water partition coefficient (Wildman–Crippen LogP) is 5.90. The quantitative estimate of drug-likeness (QED) is 0.301. The van der Waals surface area contributed by atoms with Crippen LogP contribution in [0.3, 0.4) is 0 Å². The van der Waals surface area contributed by atoms with Gasteiger partial charge in [-0.15, -0.1) is 0 Å². The van der Waals surface area contributed by atoms with E-state index in [9.17, 15) is 20.4 Å². The average Bonchev–Trinajstić information content (AvgIpc) is 2.75. The Labute approximate surface area is 194 Å². The zero-order chi connectivity index (χ0) is 23.5. The molecule has 0 atom stereocenters. The predicted molar refractivity (Wildman–Crippen MR) is 130 cm³/mol. The van der Waals surface area contributed by atoms with Crippen molar-refractivity contribution in [3.05, 3.63) is 117 Å². The van der Waals surface area contributed by atoms with E-state index in [1.165, 1.54) is 6.07 Å². The Morgan fingerprint density at radius 3 is 1.91 bits per heavy atom. The van der Waals surface area contributed by atoms with Crippen molar-refractivity contribution in [2.45, 2.75) is 33.1 Å². The molecule has 4 N–H and O–H groups in total. The molecular formula is C29H28O4. The SMILES string of the molecule is Cc1cc(Cc2ccc(O)c(Cc3cc(C)c(O)cc3O)c2)cc(Cc2ccccc2O)c1. The van der Waals surface area contributed by atoms with Crippen LogP contribution in [0.15, 0.2) is 72.8 Å². The van der Waals surface area contributed by atoms with Crippen molar-refractivity contribution in [3.8, 4) is 23.0 Å². The molecule has 0 heterocycles. The van der Waals surface area contributed by atoms with E-state index in [1.54, 1.807) is 25.1 Å². The lowest BCUT2D eigenvalue weighted by Gasteiger charge is -2.12. The molecule has 4 rings (SSSR count). The summed E-state index contributed by atoms with van der Waals surface area (Å²) in [6.45, 7) is 3.84. The van der Waals surface area contributed by atoms with E-state index in [0.717, 1.165) is 33.4 Å². The second-order valence-corrected chi connectivity index (χ2v) is 8.72. The molecule has 0 aliphatic rings. The Bertz CT molecular complexity index is 1310. The standard InChI is InChI=1S/C29H28O4/c1-18-9-21(13-22(10-18)15-23-5-3-4-6-26(23)30)12-20-7-8-27(31)25(14-20)16-24-11-19(2)28(32)17-29(24)33/h3-11,13-14,17,30-33H,12,15-16H2,1-2H3. The van der Waals surface area contributed by atoms with E-state index in [0.29, 0.717) is 36.1 Å². The van der Waals surface area contributed by atoms with Crippen LogP contribution in [0.1, 0.15) is 44.5 Å². The lowest BCUT2D eigenvalue weighted by molar-refractivity contribution is 0.443. The van der Waals surface area contributed by atoms with Gasteiger partial charge in [0.2, 0.25) is 0 Å². The zero-order valence-electron chi connectivity index (χ0n) is 18.8. The molecule has 4 heteroatoms. The summed E-state index contributed by atoms with van der Waals surface area (Å²) >= 11 is 0. The third kappa shape index (κ3) is 5.29. The van der Waals surface area contributed by atoms with Crippen LogP contribution in [-0.4, -0.2) is 20.4 Å². The van der Waals surface area contributed by atoms with Crippen molar-refractivity contribution in [3.63, 3.8) is 0 Å². The van der Waals surface area contributed by atoms with Crippen LogP contribution < -0.4 is 0 Å². The Kier molecular flexibility index (Phi) is 6.27. The first-order valence-corrected chi connectivity index (χ1v) is 11.0. The normalized spacial score (nSPS) is 11.0. The van der Waals surface area contributed by atoms with Crippen LogP contribution in [0, 0.1) is 13.8 Å². The van der Waals surface area contributed by atoms with Crippen molar-refractivity contribution < 1.29 is 20.4 Å².